The van der Waals surface area contributed by atoms with E-state index in [1.165, 1.54) is 34.3 Å². The number of allylic oxidation sites excluding steroid dienone is 1. The third-order valence-corrected chi connectivity index (χ3v) is 4.87. The zero-order valence-electron chi connectivity index (χ0n) is 18.1. The summed E-state index contributed by atoms with van der Waals surface area (Å²) >= 11 is 0. The fourth-order valence-corrected chi connectivity index (χ4v) is 3.03. The third kappa shape index (κ3) is 3.68. The molecule has 0 unspecified atom stereocenters. The number of esters is 1. The summed E-state index contributed by atoms with van der Waals surface area (Å²) in [4.78, 5) is 25.6. The Morgan fingerprint density at radius 1 is 0.938 bits per heavy atom. The van der Waals surface area contributed by atoms with Gasteiger partial charge in [0.25, 0.3) is 0 Å². The Morgan fingerprint density at radius 2 is 1.56 bits per heavy atom. The van der Waals surface area contributed by atoms with Crippen molar-refractivity contribution in [3.63, 3.8) is 0 Å². The van der Waals surface area contributed by atoms with Crippen LogP contribution >= 0.6 is 0 Å². The van der Waals surface area contributed by atoms with Crippen LogP contribution in [0.3, 0.4) is 0 Å². The molecule has 32 heavy (non-hydrogen) atoms. The molecule has 0 aliphatic heterocycles. The Morgan fingerprint density at radius 3 is 2.09 bits per heavy atom. The van der Waals surface area contributed by atoms with E-state index >= 15 is 0 Å². The zero-order valence-corrected chi connectivity index (χ0v) is 18.1. The quantitative estimate of drug-likeness (QED) is 0.333. The number of hydrogen-bond acceptors (Lipinski definition) is 9. The first-order valence-electron chi connectivity index (χ1n) is 9.45. The zero-order chi connectivity index (χ0) is 23.6. The molecule has 1 aromatic heterocycles. The number of rotatable bonds is 6. The first-order valence-corrected chi connectivity index (χ1v) is 9.45. The highest BCUT2D eigenvalue weighted by Gasteiger charge is 2.30. The maximum absolute atomic E-state index is 13.2. The van der Waals surface area contributed by atoms with Crippen molar-refractivity contribution < 1.29 is 38.4 Å². The minimum atomic E-state index is -0.790. The summed E-state index contributed by atoms with van der Waals surface area (Å²) in [6.07, 6.45) is 1.52. The lowest BCUT2D eigenvalue weighted by Crippen LogP contribution is -2.12. The lowest BCUT2D eigenvalue weighted by molar-refractivity contribution is -0.130. The summed E-state index contributed by atoms with van der Waals surface area (Å²) in [6, 6.07) is 6.56. The van der Waals surface area contributed by atoms with E-state index in [-0.39, 0.29) is 28.1 Å². The molecule has 0 amide bonds. The van der Waals surface area contributed by atoms with Crippen molar-refractivity contribution in [1.82, 2.24) is 0 Å². The van der Waals surface area contributed by atoms with Crippen LogP contribution in [0.1, 0.15) is 13.8 Å². The fraction of sp³-hybridized carbons (Fsp3) is 0.217. The van der Waals surface area contributed by atoms with E-state index in [0.29, 0.717) is 11.3 Å². The molecule has 0 aliphatic carbocycles. The van der Waals surface area contributed by atoms with E-state index in [0.717, 1.165) is 0 Å². The lowest BCUT2D eigenvalue weighted by atomic mass is 10.1. The smallest absolute Gasteiger partial charge is 0.339 e. The Balaban J connectivity index is 2.42. The summed E-state index contributed by atoms with van der Waals surface area (Å²) in [6.45, 7) is 3.15. The van der Waals surface area contributed by atoms with Crippen LogP contribution in [0.4, 0.5) is 0 Å². The molecule has 0 spiro atoms. The molecule has 2 N–H and O–H groups in total. The van der Waals surface area contributed by atoms with Crippen LogP contribution in [-0.2, 0) is 4.79 Å². The number of hydrogen-bond donors (Lipinski definition) is 2. The average Bonchev–Trinajstić information content (AvgIpc) is 2.80. The molecule has 0 saturated carbocycles. The lowest BCUT2D eigenvalue weighted by Gasteiger charge is -2.16. The van der Waals surface area contributed by atoms with Gasteiger partial charge in [0.15, 0.2) is 17.1 Å². The van der Waals surface area contributed by atoms with E-state index in [4.69, 9.17) is 23.4 Å². The molecular formula is C23H22O9. The van der Waals surface area contributed by atoms with Crippen LogP contribution in [0.5, 0.6) is 34.5 Å². The second-order valence-electron chi connectivity index (χ2n) is 6.65. The van der Waals surface area contributed by atoms with Crippen LogP contribution in [0.2, 0.25) is 0 Å². The number of benzene rings is 2. The van der Waals surface area contributed by atoms with Gasteiger partial charge in [0, 0.05) is 11.1 Å². The van der Waals surface area contributed by atoms with Crippen molar-refractivity contribution in [3.8, 4) is 45.8 Å². The summed E-state index contributed by atoms with van der Waals surface area (Å²) in [5, 5.41) is 20.9. The van der Waals surface area contributed by atoms with Gasteiger partial charge in [-0.1, -0.05) is 6.08 Å². The third-order valence-electron chi connectivity index (χ3n) is 4.87. The minimum absolute atomic E-state index is 0.00308. The first-order chi connectivity index (χ1) is 15.3. The van der Waals surface area contributed by atoms with Gasteiger partial charge in [-0.15, -0.1) is 0 Å². The van der Waals surface area contributed by atoms with E-state index in [1.54, 1.807) is 31.2 Å². The van der Waals surface area contributed by atoms with Crippen molar-refractivity contribution in [2.24, 2.45) is 0 Å². The van der Waals surface area contributed by atoms with E-state index < -0.39 is 34.4 Å². The van der Waals surface area contributed by atoms with Gasteiger partial charge in [-0.2, -0.15) is 0 Å². The minimum Gasteiger partial charge on any atom is -0.504 e. The molecule has 0 saturated heterocycles. The molecular weight excluding hydrogens is 420 g/mol. The second-order valence-corrected chi connectivity index (χ2v) is 6.65. The van der Waals surface area contributed by atoms with Crippen LogP contribution in [0, 0.1) is 0 Å². The molecule has 3 aromatic rings. The van der Waals surface area contributed by atoms with Gasteiger partial charge >= 0.3 is 5.97 Å². The molecule has 9 heteroatoms. The number of fused-ring (bicyclic) bond motifs is 1. The van der Waals surface area contributed by atoms with Gasteiger partial charge in [0.2, 0.25) is 28.4 Å². The van der Waals surface area contributed by atoms with Crippen LogP contribution < -0.4 is 24.4 Å². The van der Waals surface area contributed by atoms with Gasteiger partial charge in [0.1, 0.15) is 11.1 Å². The molecule has 1 heterocycles. The van der Waals surface area contributed by atoms with Crippen molar-refractivity contribution in [2.45, 2.75) is 13.8 Å². The van der Waals surface area contributed by atoms with Crippen LogP contribution in [0.15, 0.2) is 45.1 Å². The molecule has 2 aromatic carbocycles. The van der Waals surface area contributed by atoms with Gasteiger partial charge in [0.05, 0.1) is 21.3 Å². The van der Waals surface area contributed by atoms with Gasteiger partial charge in [-0.25, -0.2) is 4.79 Å². The highest BCUT2D eigenvalue weighted by molar-refractivity contribution is 5.99. The summed E-state index contributed by atoms with van der Waals surface area (Å²) in [5.41, 5.74) is -0.417. The molecule has 9 nitrogen and oxygen atoms in total. The fourth-order valence-electron chi connectivity index (χ4n) is 3.03. The first kappa shape index (κ1) is 22.5. The molecule has 3 rings (SSSR count). The van der Waals surface area contributed by atoms with Crippen LogP contribution in [0.25, 0.3) is 22.3 Å². The molecule has 0 bridgehead atoms. The summed E-state index contributed by atoms with van der Waals surface area (Å²) < 4.78 is 26.6. The Bertz CT molecular complexity index is 1270. The molecule has 0 radical (unpaired) electrons. The van der Waals surface area contributed by atoms with Gasteiger partial charge in [-0.05, 0) is 38.1 Å². The van der Waals surface area contributed by atoms with E-state index in [2.05, 4.69) is 0 Å². The number of aromatic hydroxyl groups is 2. The molecule has 168 valence electrons. The Labute approximate surface area is 183 Å². The van der Waals surface area contributed by atoms with Gasteiger partial charge in [-0.3, -0.25) is 4.79 Å². The average molecular weight is 442 g/mol. The van der Waals surface area contributed by atoms with Gasteiger partial charge < -0.3 is 33.6 Å². The second kappa shape index (κ2) is 8.93. The predicted octanol–water partition coefficient (Wildman–Crippen LogP) is 3.77. The number of methoxy groups -OCH3 is 3. The highest BCUT2D eigenvalue weighted by atomic mass is 16.6. The monoisotopic (exact) mass is 442 g/mol. The summed E-state index contributed by atoms with van der Waals surface area (Å²) in [7, 11) is 3.96. The number of phenolic OH excluding ortho intramolecular Hbond substituents is 2. The number of carbonyl (C=O) groups is 1. The topological polar surface area (TPSA) is 125 Å². The van der Waals surface area contributed by atoms with E-state index in [1.807, 2.05) is 0 Å². The van der Waals surface area contributed by atoms with Crippen molar-refractivity contribution in [1.29, 1.82) is 0 Å². The van der Waals surface area contributed by atoms with Crippen molar-refractivity contribution in [3.05, 3.63) is 46.1 Å². The number of phenols is 2. The summed E-state index contributed by atoms with van der Waals surface area (Å²) in [5.74, 6) is -2.74. The maximum atomic E-state index is 13.2. The highest BCUT2D eigenvalue weighted by Crippen LogP contribution is 2.50. The largest absolute Gasteiger partial charge is 0.504 e. The Hall–Kier alpha value is -4.14. The molecule has 0 fully saturated rings. The maximum Gasteiger partial charge on any atom is 0.339 e. The Kier molecular flexibility index (Phi) is 6.29. The normalized spacial score (nSPS) is 11.3. The molecule has 0 aliphatic rings. The van der Waals surface area contributed by atoms with Crippen molar-refractivity contribution >= 4 is 16.9 Å². The number of carbonyl (C=O) groups excluding carboxylic acids is 1. The van der Waals surface area contributed by atoms with E-state index in [9.17, 15) is 19.8 Å². The van der Waals surface area contributed by atoms with Crippen molar-refractivity contribution in [2.75, 3.05) is 21.3 Å². The number of ether oxygens (including phenoxy) is 4. The standard InChI is InChI=1S/C23H22O9/c1-6-11(2)23(27)32-22-17(26)20(29-4)15(24)14-16(25)21(30-5)18(31-19(14)22)12-7-9-13(28-3)10-8-12/h6-10,24,26H,1-5H3/b11-6+. The SMILES string of the molecule is C/C=C(\C)C(=O)Oc1c(O)c(OC)c(O)c2c(=O)c(OC)c(-c3ccc(OC)cc3)oc12. The molecule has 0 atom stereocenters. The van der Waals surface area contributed by atoms with Crippen LogP contribution in [-0.4, -0.2) is 37.5 Å². The predicted molar refractivity (Wildman–Crippen MR) is 116 cm³/mol.